The van der Waals surface area contributed by atoms with E-state index in [-0.39, 0.29) is 0 Å². The number of hydrogen-bond acceptors (Lipinski definition) is 5. The molecular formula is C56H105NO5. The van der Waals surface area contributed by atoms with E-state index in [1.165, 1.54) is 173 Å². The molecule has 4 unspecified atom stereocenters. The van der Waals surface area contributed by atoms with Gasteiger partial charge in [-0.3, -0.25) is 4.79 Å². The van der Waals surface area contributed by atoms with E-state index in [1.807, 2.05) is 0 Å². The molecule has 0 spiro atoms. The molecular weight excluding hydrogens is 767 g/mol. The number of carbonyl (C=O) groups is 1. The van der Waals surface area contributed by atoms with Crippen LogP contribution in [-0.2, 0) is 4.79 Å². The van der Waals surface area contributed by atoms with Gasteiger partial charge in [-0.25, -0.2) is 0 Å². The number of carbonyl (C=O) groups excluding carboxylic acids is 1. The highest BCUT2D eigenvalue weighted by Gasteiger charge is 2.28. The predicted octanol–water partition coefficient (Wildman–Crippen LogP) is 15.4. The second-order valence-electron chi connectivity index (χ2n) is 18.5. The molecule has 0 radical (unpaired) electrons. The van der Waals surface area contributed by atoms with Gasteiger partial charge in [-0.05, 0) is 89.9 Å². The summed E-state index contributed by atoms with van der Waals surface area (Å²) in [5.41, 5.74) is 0. The van der Waals surface area contributed by atoms with Crippen LogP contribution in [0, 0.1) is 0 Å². The molecule has 364 valence electrons. The number of unbranched alkanes of at least 4 members (excludes halogenated alkanes) is 32. The summed E-state index contributed by atoms with van der Waals surface area (Å²) >= 11 is 0. The highest BCUT2D eigenvalue weighted by molar-refractivity contribution is 5.80. The maximum atomic E-state index is 12.6. The number of aliphatic hydroxyl groups is 4. The highest BCUT2D eigenvalue weighted by atomic mass is 16.3. The van der Waals surface area contributed by atoms with Crippen LogP contribution < -0.4 is 5.32 Å². The second-order valence-corrected chi connectivity index (χ2v) is 18.5. The Labute approximate surface area is 385 Å². The van der Waals surface area contributed by atoms with Gasteiger partial charge in [0.2, 0.25) is 5.91 Å². The number of nitrogens with one attached hydrogen (secondary N) is 1. The van der Waals surface area contributed by atoms with Gasteiger partial charge in [0.1, 0.15) is 12.2 Å². The van der Waals surface area contributed by atoms with E-state index in [1.54, 1.807) is 0 Å². The van der Waals surface area contributed by atoms with Crippen LogP contribution in [0.25, 0.3) is 0 Å². The summed E-state index contributed by atoms with van der Waals surface area (Å²) in [6.45, 7) is 4.06. The fourth-order valence-corrected chi connectivity index (χ4v) is 8.20. The van der Waals surface area contributed by atoms with E-state index in [0.29, 0.717) is 19.3 Å². The number of rotatable bonds is 49. The van der Waals surface area contributed by atoms with E-state index in [9.17, 15) is 25.2 Å². The smallest absolute Gasteiger partial charge is 0.249 e. The summed E-state index contributed by atoms with van der Waals surface area (Å²) in [5.74, 6) is -0.603. The van der Waals surface area contributed by atoms with E-state index < -0.39 is 36.9 Å². The van der Waals surface area contributed by atoms with Gasteiger partial charge in [-0.1, -0.05) is 229 Å². The summed E-state index contributed by atoms with van der Waals surface area (Å²) < 4.78 is 0. The molecule has 0 aliphatic carbocycles. The third-order valence-electron chi connectivity index (χ3n) is 12.5. The molecule has 0 aromatic heterocycles. The Kier molecular flexibility index (Phi) is 48.9. The van der Waals surface area contributed by atoms with Gasteiger partial charge in [0.25, 0.3) is 0 Å². The molecule has 5 N–H and O–H groups in total. The van der Waals surface area contributed by atoms with Crippen LogP contribution in [-0.4, -0.2) is 57.3 Å². The molecule has 0 aromatic carbocycles. The maximum Gasteiger partial charge on any atom is 0.249 e. The van der Waals surface area contributed by atoms with Crippen LogP contribution in [0.3, 0.4) is 0 Å². The second kappa shape index (κ2) is 50.3. The van der Waals surface area contributed by atoms with Crippen molar-refractivity contribution in [2.24, 2.45) is 0 Å². The minimum absolute atomic E-state index is 0.351. The van der Waals surface area contributed by atoms with Crippen molar-refractivity contribution in [3.63, 3.8) is 0 Å². The largest absolute Gasteiger partial charge is 0.394 e. The lowest BCUT2D eigenvalue weighted by molar-refractivity contribution is -0.132. The molecule has 6 heteroatoms. The van der Waals surface area contributed by atoms with Crippen molar-refractivity contribution in [1.82, 2.24) is 5.32 Å². The van der Waals surface area contributed by atoms with E-state index in [0.717, 1.165) is 64.2 Å². The summed E-state index contributed by atoms with van der Waals surface area (Å²) in [6, 6.07) is -1.02. The molecule has 0 aliphatic rings. The minimum atomic E-state index is -1.30. The molecule has 0 rings (SSSR count). The van der Waals surface area contributed by atoms with E-state index in [2.05, 4.69) is 67.8 Å². The summed E-state index contributed by atoms with van der Waals surface area (Å²) in [5, 5.41) is 43.9. The van der Waals surface area contributed by atoms with Gasteiger partial charge in [-0.2, -0.15) is 0 Å². The van der Waals surface area contributed by atoms with Crippen molar-refractivity contribution in [2.45, 2.75) is 295 Å². The molecule has 0 aromatic rings. The monoisotopic (exact) mass is 872 g/mol. The molecule has 0 saturated carbocycles. The molecule has 4 atom stereocenters. The summed E-state index contributed by atoms with van der Waals surface area (Å²) in [7, 11) is 0. The fourth-order valence-electron chi connectivity index (χ4n) is 8.20. The lowest BCUT2D eigenvalue weighted by Gasteiger charge is -2.27. The first-order valence-corrected chi connectivity index (χ1v) is 27.0. The minimum Gasteiger partial charge on any atom is -0.394 e. The van der Waals surface area contributed by atoms with Crippen molar-refractivity contribution in [1.29, 1.82) is 0 Å². The standard InChI is InChI=1S/C56H105NO5/c1-3-5-7-9-11-13-15-17-19-21-23-25-26-27-28-30-31-33-35-37-39-41-43-45-47-49-53(59)55(61)52(51-58)57-56(62)54(60)50-48-46-44-42-40-38-36-34-32-29-24-22-20-18-16-14-12-10-8-6-4-2/h27-28,32-35,41,43,52-55,58-61H,3-26,29-31,36-40,42,44-51H2,1-2H3,(H,57,62)/b28-27+,34-32-,35-33+,43-41+. The fraction of sp³-hybridized carbons (Fsp3) is 0.839. The molecule has 0 fully saturated rings. The average Bonchev–Trinajstić information content (AvgIpc) is 3.28. The Balaban J connectivity index is 3.75. The van der Waals surface area contributed by atoms with E-state index >= 15 is 0 Å². The lowest BCUT2D eigenvalue weighted by Crippen LogP contribution is -2.53. The topological polar surface area (TPSA) is 110 Å². The molecule has 62 heavy (non-hydrogen) atoms. The van der Waals surface area contributed by atoms with Crippen molar-refractivity contribution in [2.75, 3.05) is 6.61 Å². The Morgan fingerprint density at radius 1 is 0.387 bits per heavy atom. The predicted molar refractivity (Wildman–Crippen MR) is 270 cm³/mol. The Morgan fingerprint density at radius 2 is 0.677 bits per heavy atom. The van der Waals surface area contributed by atoms with E-state index in [4.69, 9.17) is 0 Å². The summed E-state index contributed by atoms with van der Waals surface area (Å²) in [6.07, 6.45) is 63.1. The quantitative estimate of drug-likeness (QED) is 0.0309. The Bertz CT molecular complexity index is 1020. The van der Waals surface area contributed by atoms with Crippen molar-refractivity contribution >= 4 is 5.91 Å². The Morgan fingerprint density at radius 3 is 1.02 bits per heavy atom. The van der Waals surface area contributed by atoms with Crippen LogP contribution in [0.2, 0.25) is 0 Å². The first-order valence-electron chi connectivity index (χ1n) is 27.0. The highest BCUT2D eigenvalue weighted by Crippen LogP contribution is 2.16. The summed E-state index contributed by atoms with van der Waals surface area (Å²) in [4.78, 5) is 12.6. The normalized spacial score (nSPS) is 14.2. The van der Waals surface area contributed by atoms with Gasteiger partial charge in [0, 0.05) is 0 Å². The number of hydrogen-bond donors (Lipinski definition) is 5. The molecule has 0 saturated heterocycles. The molecule has 6 nitrogen and oxygen atoms in total. The first-order chi connectivity index (χ1) is 30.5. The van der Waals surface area contributed by atoms with Gasteiger partial charge in [-0.15, -0.1) is 0 Å². The van der Waals surface area contributed by atoms with Gasteiger partial charge < -0.3 is 25.7 Å². The van der Waals surface area contributed by atoms with Crippen LogP contribution in [0.1, 0.15) is 271 Å². The van der Waals surface area contributed by atoms with Gasteiger partial charge in [0.15, 0.2) is 0 Å². The molecule has 0 bridgehead atoms. The first kappa shape index (κ1) is 60.3. The van der Waals surface area contributed by atoms with Gasteiger partial charge in [0.05, 0.1) is 18.8 Å². The number of aliphatic hydroxyl groups excluding tert-OH is 4. The molecule has 0 heterocycles. The maximum absolute atomic E-state index is 12.6. The van der Waals surface area contributed by atoms with Crippen LogP contribution in [0.4, 0.5) is 0 Å². The van der Waals surface area contributed by atoms with Crippen LogP contribution in [0.5, 0.6) is 0 Å². The molecule has 0 aliphatic heterocycles. The molecule has 1 amide bonds. The SMILES string of the molecule is CCCCCCCCCCCCC/C=C\CCCCCCCCC(O)C(=O)NC(CO)C(O)C(O)CCC/C=C/CC/C=C/CC/C=C/CCCCCCCCCCCCCC. The average molecular weight is 872 g/mol. The Hall–Kier alpha value is -1.73. The zero-order valence-electron chi connectivity index (χ0n) is 41.1. The zero-order chi connectivity index (χ0) is 45.2. The third-order valence-corrected chi connectivity index (χ3v) is 12.5. The lowest BCUT2D eigenvalue weighted by atomic mass is 10.00. The zero-order valence-corrected chi connectivity index (χ0v) is 41.1. The third kappa shape index (κ3) is 43.5. The van der Waals surface area contributed by atoms with Crippen LogP contribution in [0.15, 0.2) is 48.6 Å². The van der Waals surface area contributed by atoms with Gasteiger partial charge >= 0.3 is 0 Å². The number of amides is 1. The van der Waals surface area contributed by atoms with Crippen molar-refractivity contribution in [3.8, 4) is 0 Å². The van der Waals surface area contributed by atoms with Crippen molar-refractivity contribution < 1.29 is 25.2 Å². The number of allylic oxidation sites excluding steroid dienone is 8. The van der Waals surface area contributed by atoms with Crippen LogP contribution >= 0.6 is 0 Å². The van der Waals surface area contributed by atoms with Crippen molar-refractivity contribution in [3.05, 3.63) is 48.6 Å².